The smallest absolute Gasteiger partial charge is 0.168 e. The third kappa shape index (κ3) is 3.32. The fourth-order valence-electron chi connectivity index (χ4n) is 1.86. The van der Waals surface area contributed by atoms with Gasteiger partial charge < -0.3 is 4.74 Å². The lowest BCUT2D eigenvalue weighted by molar-refractivity contribution is 0.0992. The number of aryl methyl sites for hydroxylation is 1. The van der Waals surface area contributed by atoms with Crippen molar-refractivity contribution in [2.45, 2.75) is 13.3 Å². The summed E-state index contributed by atoms with van der Waals surface area (Å²) >= 11 is 5.70. The average molecular weight is 276 g/mol. The van der Waals surface area contributed by atoms with Crippen molar-refractivity contribution < 1.29 is 9.53 Å². The number of methoxy groups -OCH3 is 1. The molecule has 0 amide bonds. The lowest BCUT2D eigenvalue weighted by Gasteiger charge is -2.09. The van der Waals surface area contributed by atoms with Gasteiger partial charge in [-0.1, -0.05) is 29.3 Å². The Morgan fingerprint density at radius 3 is 2.74 bits per heavy atom. The zero-order valence-corrected chi connectivity index (χ0v) is 11.6. The summed E-state index contributed by atoms with van der Waals surface area (Å²) in [5.41, 5.74) is 2.52. The number of nitrogens with zero attached hydrogens (tertiary/aromatic N) is 1. The first kappa shape index (κ1) is 13.6. The van der Waals surface area contributed by atoms with Crippen LogP contribution in [0.5, 0.6) is 5.75 Å². The molecule has 4 heteroatoms. The highest BCUT2D eigenvalue weighted by molar-refractivity contribution is 6.29. The van der Waals surface area contributed by atoms with Crippen LogP contribution in [-0.2, 0) is 6.42 Å². The second-order valence-corrected chi connectivity index (χ2v) is 4.67. The van der Waals surface area contributed by atoms with E-state index in [4.69, 9.17) is 16.3 Å². The molecule has 0 fully saturated rings. The molecule has 0 bridgehead atoms. The maximum absolute atomic E-state index is 12.2. The number of ether oxygens (including phenoxy) is 1. The van der Waals surface area contributed by atoms with Crippen LogP contribution in [-0.4, -0.2) is 17.9 Å². The summed E-state index contributed by atoms with van der Waals surface area (Å²) in [5, 5.41) is 0.379. The van der Waals surface area contributed by atoms with Crippen LogP contribution >= 0.6 is 11.6 Å². The minimum Gasteiger partial charge on any atom is -0.496 e. The first-order valence-corrected chi connectivity index (χ1v) is 6.26. The zero-order valence-electron chi connectivity index (χ0n) is 10.8. The molecule has 0 atom stereocenters. The van der Waals surface area contributed by atoms with Gasteiger partial charge in [-0.15, -0.1) is 0 Å². The van der Waals surface area contributed by atoms with E-state index >= 15 is 0 Å². The number of rotatable bonds is 4. The lowest BCUT2D eigenvalue weighted by Crippen LogP contribution is -2.05. The van der Waals surface area contributed by atoms with Crippen LogP contribution in [0.4, 0.5) is 0 Å². The van der Waals surface area contributed by atoms with E-state index in [0.717, 1.165) is 16.9 Å². The van der Waals surface area contributed by atoms with E-state index in [9.17, 15) is 4.79 Å². The van der Waals surface area contributed by atoms with Crippen LogP contribution < -0.4 is 4.74 Å². The lowest BCUT2D eigenvalue weighted by atomic mass is 10.0. The van der Waals surface area contributed by atoms with E-state index < -0.39 is 0 Å². The van der Waals surface area contributed by atoms with Gasteiger partial charge in [0.2, 0.25) is 0 Å². The van der Waals surface area contributed by atoms with Gasteiger partial charge >= 0.3 is 0 Å². The summed E-state index contributed by atoms with van der Waals surface area (Å²) in [6, 6.07) is 9.08. The Bertz CT molecular complexity index is 594. The molecule has 0 aliphatic carbocycles. The Morgan fingerprint density at radius 2 is 2.11 bits per heavy atom. The fraction of sp³-hybridized carbons (Fsp3) is 0.200. The maximum atomic E-state index is 12.2. The van der Waals surface area contributed by atoms with Crippen LogP contribution in [0, 0.1) is 6.92 Å². The Morgan fingerprint density at radius 1 is 1.32 bits per heavy atom. The van der Waals surface area contributed by atoms with Crippen LogP contribution in [0.3, 0.4) is 0 Å². The quantitative estimate of drug-likeness (QED) is 0.633. The molecule has 0 radical (unpaired) electrons. The van der Waals surface area contributed by atoms with E-state index in [1.165, 1.54) is 6.20 Å². The molecule has 0 saturated carbocycles. The molecular formula is C15H14ClNO2. The number of pyridine rings is 1. The van der Waals surface area contributed by atoms with Gasteiger partial charge in [0.05, 0.1) is 7.11 Å². The molecule has 0 unspecified atom stereocenters. The average Bonchev–Trinajstić information content (AvgIpc) is 2.39. The predicted molar refractivity (Wildman–Crippen MR) is 75.0 cm³/mol. The summed E-state index contributed by atoms with van der Waals surface area (Å²) < 4.78 is 5.27. The monoisotopic (exact) mass is 275 g/mol. The molecule has 2 rings (SSSR count). The fourth-order valence-corrected chi connectivity index (χ4v) is 1.97. The summed E-state index contributed by atoms with van der Waals surface area (Å²) in [6.07, 6.45) is 1.78. The molecule has 0 N–H and O–H groups in total. The normalized spacial score (nSPS) is 10.3. The molecule has 98 valence electrons. The molecule has 2 aromatic rings. The minimum absolute atomic E-state index is 0.00642. The summed E-state index contributed by atoms with van der Waals surface area (Å²) in [6.45, 7) is 1.98. The van der Waals surface area contributed by atoms with Crippen molar-refractivity contribution in [1.29, 1.82) is 0 Å². The van der Waals surface area contributed by atoms with Gasteiger partial charge in [-0.2, -0.15) is 0 Å². The molecule has 0 aliphatic rings. The highest BCUT2D eigenvalue weighted by Crippen LogP contribution is 2.21. The highest BCUT2D eigenvalue weighted by Gasteiger charge is 2.11. The molecular weight excluding hydrogens is 262 g/mol. The molecule has 1 aromatic heterocycles. The van der Waals surface area contributed by atoms with Crippen molar-refractivity contribution in [2.75, 3.05) is 7.11 Å². The third-order valence-electron chi connectivity index (χ3n) is 2.84. The van der Waals surface area contributed by atoms with Crippen LogP contribution in [0.1, 0.15) is 21.5 Å². The molecule has 1 aromatic carbocycles. The summed E-state index contributed by atoms with van der Waals surface area (Å²) in [5.74, 6) is 0.717. The Balaban J connectivity index is 2.23. The van der Waals surface area contributed by atoms with Crippen LogP contribution in [0.15, 0.2) is 36.5 Å². The largest absolute Gasteiger partial charge is 0.496 e. The first-order chi connectivity index (χ1) is 9.10. The van der Waals surface area contributed by atoms with E-state index in [2.05, 4.69) is 4.98 Å². The zero-order chi connectivity index (χ0) is 13.8. The maximum Gasteiger partial charge on any atom is 0.168 e. The standard InChI is InChI=1S/C15H14ClNO2/c1-10-3-5-14(19-2)12(7-10)8-13(18)11-4-6-15(16)17-9-11/h3-7,9H,8H2,1-2H3. The molecule has 19 heavy (non-hydrogen) atoms. The molecule has 0 spiro atoms. The number of benzene rings is 1. The van der Waals surface area contributed by atoms with Crippen LogP contribution in [0.25, 0.3) is 0 Å². The number of hydrogen-bond donors (Lipinski definition) is 0. The second-order valence-electron chi connectivity index (χ2n) is 4.28. The molecule has 0 aliphatic heterocycles. The predicted octanol–water partition coefficient (Wildman–Crippen LogP) is 3.48. The second kappa shape index (κ2) is 5.85. The number of carbonyl (C=O) groups excluding carboxylic acids is 1. The van der Waals surface area contributed by atoms with Gasteiger partial charge in [-0.3, -0.25) is 4.79 Å². The van der Waals surface area contributed by atoms with E-state index in [1.807, 2.05) is 25.1 Å². The third-order valence-corrected chi connectivity index (χ3v) is 3.06. The SMILES string of the molecule is COc1ccc(C)cc1CC(=O)c1ccc(Cl)nc1. The number of halogens is 1. The molecule has 3 nitrogen and oxygen atoms in total. The van der Waals surface area contributed by atoms with E-state index in [-0.39, 0.29) is 12.2 Å². The number of carbonyl (C=O) groups is 1. The molecule has 0 saturated heterocycles. The number of aromatic nitrogens is 1. The van der Waals surface area contributed by atoms with E-state index in [0.29, 0.717) is 10.7 Å². The van der Waals surface area contributed by atoms with Gasteiger partial charge in [-0.05, 0) is 25.1 Å². The van der Waals surface area contributed by atoms with Crippen molar-refractivity contribution >= 4 is 17.4 Å². The summed E-state index contributed by atoms with van der Waals surface area (Å²) in [7, 11) is 1.60. The topological polar surface area (TPSA) is 39.2 Å². The Labute approximate surface area is 117 Å². The first-order valence-electron chi connectivity index (χ1n) is 5.88. The van der Waals surface area contributed by atoms with E-state index in [1.54, 1.807) is 19.2 Å². The van der Waals surface area contributed by atoms with Gasteiger partial charge in [0.1, 0.15) is 10.9 Å². The van der Waals surface area contributed by atoms with Crippen molar-refractivity contribution in [2.24, 2.45) is 0 Å². The summed E-state index contributed by atoms with van der Waals surface area (Å²) in [4.78, 5) is 16.1. The number of Topliss-reactive ketones (excluding diaryl/α,β-unsaturated/α-hetero) is 1. The Hall–Kier alpha value is -1.87. The van der Waals surface area contributed by atoms with Crippen LogP contribution in [0.2, 0.25) is 5.15 Å². The van der Waals surface area contributed by atoms with Crippen molar-refractivity contribution in [3.8, 4) is 5.75 Å². The highest BCUT2D eigenvalue weighted by atomic mass is 35.5. The van der Waals surface area contributed by atoms with Crippen molar-refractivity contribution in [1.82, 2.24) is 4.98 Å². The van der Waals surface area contributed by atoms with Gasteiger partial charge in [0, 0.05) is 23.7 Å². The minimum atomic E-state index is -0.00642. The number of ketones is 1. The van der Waals surface area contributed by atoms with Crippen molar-refractivity contribution in [3.63, 3.8) is 0 Å². The van der Waals surface area contributed by atoms with Gasteiger partial charge in [-0.25, -0.2) is 4.98 Å². The van der Waals surface area contributed by atoms with Gasteiger partial charge in [0.15, 0.2) is 5.78 Å². The van der Waals surface area contributed by atoms with Crippen molar-refractivity contribution in [3.05, 3.63) is 58.4 Å². The van der Waals surface area contributed by atoms with Gasteiger partial charge in [0.25, 0.3) is 0 Å². The molecule has 1 heterocycles. The number of hydrogen-bond acceptors (Lipinski definition) is 3. The Kier molecular flexibility index (Phi) is 4.17.